The summed E-state index contributed by atoms with van der Waals surface area (Å²) in [6.45, 7) is 5.92. The molecule has 29 heavy (non-hydrogen) atoms. The van der Waals surface area contributed by atoms with E-state index in [0.717, 1.165) is 12.0 Å². The highest BCUT2D eigenvalue weighted by atomic mass is 19.4. The van der Waals surface area contributed by atoms with E-state index in [2.05, 4.69) is 26.7 Å². The Labute approximate surface area is 165 Å². The van der Waals surface area contributed by atoms with Crippen molar-refractivity contribution in [3.8, 4) is 5.75 Å². The lowest BCUT2D eigenvalue weighted by Crippen LogP contribution is -2.46. The van der Waals surface area contributed by atoms with Crippen LogP contribution in [0.3, 0.4) is 0 Å². The SMILES string of the molecule is C=C1c2ccc(OC(F)(F)F)cc2N=C(CCC)N1NC(=O)Cc1ccncc1. The van der Waals surface area contributed by atoms with Gasteiger partial charge in [-0.1, -0.05) is 13.5 Å². The van der Waals surface area contributed by atoms with Crippen LogP contribution in [-0.4, -0.2) is 28.1 Å². The smallest absolute Gasteiger partial charge is 0.406 e. The Balaban J connectivity index is 1.84. The van der Waals surface area contributed by atoms with E-state index in [1.807, 2.05) is 6.92 Å². The van der Waals surface area contributed by atoms with Crippen molar-refractivity contribution in [2.75, 3.05) is 0 Å². The van der Waals surface area contributed by atoms with Crippen LogP contribution in [0.5, 0.6) is 5.75 Å². The number of amidine groups is 1. The summed E-state index contributed by atoms with van der Waals surface area (Å²) in [4.78, 5) is 20.8. The van der Waals surface area contributed by atoms with Crippen LogP contribution in [0.15, 0.2) is 54.3 Å². The predicted octanol–water partition coefficient (Wildman–Crippen LogP) is 4.37. The van der Waals surface area contributed by atoms with Crippen molar-refractivity contribution in [1.29, 1.82) is 0 Å². The molecule has 2 aromatic rings. The molecule has 9 heteroatoms. The fourth-order valence-corrected chi connectivity index (χ4v) is 2.88. The topological polar surface area (TPSA) is 66.8 Å². The van der Waals surface area contributed by atoms with Crippen LogP contribution in [0.4, 0.5) is 18.9 Å². The summed E-state index contributed by atoms with van der Waals surface area (Å²) >= 11 is 0. The summed E-state index contributed by atoms with van der Waals surface area (Å²) in [5, 5.41) is 1.49. The molecule has 0 fully saturated rings. The number of halogens is 3. The van der Waals surface area contributed by atoms with Crippen molar-refractivity contribution < 1.29 is 22.7 Å². The number of nitrogens with zero attached hydrogens (tertiary/aromatic N) is 3. The average molecular weight is 404 g/mol. The van der Waals surface area contributed by atoms with Crippen molar-refractivity contribution in [1.82, 2.24) is 15.4 Å². The second-order valence-electron chi connectivity index (χ2n) is 6.35. The minimum Gasteiger partial charge on any atom is -0.406 e. The number of amides is 1. The van der Waals surface area contributed by atoms with Crippen molar-refractivity contribution in [2.24, 2.45) is 4.99 Å². The largest absolute Gasteiger partial charge is 0.573 e. The number of alkyl halides is 3. The number of aliphatic imine (C=N–C) groups is 1. The van der Waals surface area contributed by atoms with Gasteiger partial charge in [-0.05, 0) is 36.2 Å². The number of aromatic nitrogens is 1. The van der Waals surface area contributed by atoms with Crippen LogP contribution in [0.2, 0.25) is 0 Å². The van der Waals surface area contributed by atoms with Gasteiger partial charge in [0.15, 0.2) is 0 Å². The van der Waals surface area contributed by atoms with E-state index < -0.39 is 6.36 Å². The van der Waals surface area contributed by atoms with Crippen LogP contribution in [-0.2, 0) is 11.2 Å². The van der Waals surface area contributed by atoms with Crippen molar-refractivity contribution >= 4 is 23.1 Å². The number of nitrogens with one attached hydrogen (secondary N) is 1. The average Bonchev–Trinajstić information content (AvgIpc) is 2.64. The van der Waals surface area contributed by atoms with E-state index in [1.165, 1.54) is 23.2 Å². The van der Waals surface area contributed by atoms with E-state index in [0.29, 0.717) is 29.2 Å². The van der Waals surface area contributed by atoms with Gasteiger partial charge >= 0.3 is 6.36 Å². The summed E-state index contributed by atoms with van der Waals surface area (Å²) in [6, 6.07) is 7.31. The predicted molar refractivity (Wildman–Crippen MR) is 102 cm³/mol. The maximum atomic E-state index is 12.5. The molecule has 1 aromatic carbocycles. The van der Waals surface area contributed by atoms with E-state index in [9.17, 15) is 18.0 Å². The monoisotopic (exact) mass is 404 g/mol. The van der Waals surface area contributed by atoms with Crippen LogP contribution >= 0.6 is 0 Å². The van der Waals surface area contributed by atoms with Gasteiger partial charge in [0.1, 0.15) is 11.6 Å². The van der Waals surface area contributed by atoms with Crippen LogP contribution in [0.25, 0.3) is 5.70 Å². The van der Waals surface area contributed by atoms with Crippen molar-refractivity contribution in [2.45, 2.75) is 32.5 Å². The van der Waals surface area contributed by atoms with E-state index in [4.69, 9.17) is 0 Å². The molecule has 0 saturated heterocycles. The Morgan fingerprint density at radius 2 is 1.97 bits per heavy atom. The molecule has 1 aliphatic rings. The number of benzene rings is 1. The fraction of sp³-hybridized carbons (Fsp3) is 0.250. The maximum Gasteiger partial charge on any atom is 0.573 e. The van der Waals surface area contributed by atoms with Crippen molar-refractivity contribution in [3.05, 3.63) is 60.4 Å². The number of carbonyl (C=O) groups excluding carboxylic acids is 1. The summed E-state index contributed by atoms with van der Waals surface area (Å²) in [7, 11) is 0. The zero-order valence-electron chi connectivity index (χ0n) is 15.7. The summed E-state index contributed by atoms with van der Waals surface area (Å²) < 4.78 is 41.5. The van der Waals surface area contributed by atoms with E-state index in [1.54, 1.807) is 24.5 Å². The van der Waals surface area contributed by atoms with Crippen LogP contribution in [0, 0.1) is 0 Å². The Hall–Kier alpha value is -3.36. The molecule has 0 aliphatic carbocycles. The molecule has 1 aromatic heterocycles. The molecule has 1 N–H and O–H groups in total. The molecule has 0 unspecified atom stereocenters. The first-order valence-electron chi connectivity index (χ1n) is 8.92. The molecule has 6 nitrogen and oxygen atoms in total. The normalized spacial score (nSPS) is 13.6. The van der Waals surface area contributed by atoms with Gasteiger partial charge in [0, 0.05) is 30.4 Å². The number of carbonyl (C=O) groups is 1. The highest BCUT2D eigenvalue weighted by Gasteiger charge is 2.32. The fourth-order valence-electron chi connectivity index (χ4n) is 2.88. The highest BCUT2D eigenvalue weighted by molar-refractivity contribution is 5.99. The zero-order valence-corrected chi connectivity index (χ0v) is 15.7. The van der Waals surface area contributed by atoms with Crippen molar-refractivity contribution in [3.63, 3.8) is 0 Å². The molecule has 1 aliphatic heterocycles. The molecule has 0 atom stereocenters. The Morgan fingerprint density at radius 1 is 1.24 bits per heavy atom. The summed E-state index contributed by atoms with van der Waals surface area (Å²) in [6.07, 6.45) is -0.235. The third-order valence-corrected chi connectivity index (χ3v) is 4.12. The molecular formula is C20H19F3N4O2. The van der Waals surface area contributed by atoms with Gasteiger partial charge < -0.3 is 4.74 Å². The number of pyridine rings is 1. The standard InChI is InChI=1S/C20H19F3N4O2/c1-3-4-18-25-17-12-15(29-20(21,22)23)5-6-16(17)13(2)27(18)26-19(28)11-14-7-9-24-10-8-14/h5-10,12H,2-4,11H2,1H3,(H,26,28). The lowest BCUT2D eigenvalue weighted by atomic mass is 10.1. The molecule has 2 heterocycles. The Morgan fingerprint density at radius 3 is 2.62 bits per heavy atom. The molecule has 0 bridgehead atoms. The molecular weight excluding hydrogens is 385 g/mol. The first kappa shape index (κ1) is 20.4. The third kappa shape index (κ3) is 5.13. The van der Waals surface area contributed by atoms with Crippen LogP contribution < -0.4 is 10.2 Å². The van der Waals surface area contributed by atoms with Gasteiger partial charge in [0.05, 0.1) is 17.8 Å². The number of fused-ring (bicyclic) bond motifs is 1. The van der Waals surface area contributed by atoms with Gasteiger partial charge in [0.2, 0.25) is 5.91 Å². The number of hydrazine groups is 1. The number of hydrogen-bond donors (Lipinski definition) is 1. The van der Waals surface area contributed by atoms with Gasteiger partial charge in [-0.2, -0.15) is 0 Å². The van der Waals surface area contributed by atoms with E-state index in [-0.39, 0.29) is 18.1 Å². The van der Waals surface area contributed by atoms with Gasteiger partial charge in [-0.25, -0.2) is 10.0 Å². The number of ether oxygens (including phenoxy) is 1. The third-order valence-electron chi connectivity index (χ3n) is 4.12. The minimum absolute atomic E-state index is 0.136. The van der Waals surface area contributed by atoms with Crippen LogP contribution in [0.1, 0.15) is 30.9 Å². The lowest BCUT2D eigenvalue weighted by molar-refractivity contribution is -0.274. The lowest BCUT2D eigenvalue weighted by Gasteiger charge is -2.32. The Bertz CT molecular complexity index is 942. The van der Waals surface area contributed by atoms with Gasteiger partial charge in [0.25, 0.3) is 0 Å². The molecule has 0 spiro atoms. The zero-order chi connectivity index (χ0) is 21.0. The maximum absolute atomic E-state index is 12.5. The first-order valence-corrected chi connectivity index (χ1v) is 8.92. The first-order chi connectivity index (χ1) is 13.8. The quantitative estimate of drug-likeness (QED) is 0.776. The van der Waals surface area contributed by atoms with Gasteiger partial charge in [-0.3, -0.25) is 15.2 Å². The molecule has 1 amide bonds. The second kappa shape index (κ2) is 8.34. The Kier molecular flexibility index (Phi) is 5.86. The van der Waals surface area contributed by atoms with E-state index >= 15 is 0 Å². The minimum atomic E-state index is -4.79. The van der Waals surface area contributed by atoms with Gasteiger partial charge in [-0.15, -0.1) is 13.2 Å². The summed E-state index contributed by atoms with van der Waals surface area (Å²) in [5.74, 6) is -0.155. The molecule has 0 saturated carbocycles. The number of rotatable bonds is 6. The highest BCUT2D eigenvalue weighted by Crippen LogP contribution is 2.37. The molecule has 152 valence electrons. The molecule has 0 radical (unpaired) electrons. The second-order valence-corrected chi connectivity index (χ2v) is 6.35. The summed E-state index contributed by atoms with van der Waals surface area (Å²) in [5.41, 5.74) is 4.80. The number of hydrogen-bond acceptors (Lipinski definition) is 5. The molecule has 3 rings (SSSR count).